The van der Waals surface area contributed by atoms with E-state index in [4.69, 9.17) is 11.6 Å². The number of nitrogens with one attached hydrogen (secondary N) is 1. The zero-order valence-corrected chi connectivity index (χ0v) is 12.2. The third-order valence-electron chi connectivity index (χ3n) is 3.22. The van der Waals surface area contributed by atoms with Gasteiger partial charge in [-0.3, -0.25) is 0 Å². The summed E-state index contributed by atoms with van der Waals surface area (Å²) in [5.41, 5.74) is 3.96. The van der Waals surface area contributed by atoms with Gasteiger partial charge in [-0.1, -0.05) is 61.8 Å². The van der Waals surface area contributed by atoms with Crippen LogP contribution in [0, 0.1) is 0 Å². The molecule has 1 N–H and O–H groups in total. The monoisotopic (exact) mass is 273 g/mol. The minimum absolute atomic E-state index is 0.594. The number of benzene rings is 2. The Morgan fingerprint density at radius 3 is 1.79 bits per heavy atom. The van der Waals surface area contributed by atoms with E-state index in [1.165, 1.54) is 16.7 Å². The summed E-state index contributed by atoms with van der Waals surface area (Å²) in [5.74, 6) is 0.594. The van der Waals surface area contributed by atoms with Gasteiger partial charge in [0.1, 0.15) is 0 Å². The molecule has 0 unspecified atom stereocenters. The molecule has 0 aromatic heterocycles. The molecule has 1 nitrogen and oxygen atoms in total. The number of rotatable bonds is 5. The van der Waals surface area contributed by atoms with Gasteiger partial charge in [-0.25, -0.2) is 0 Å². The summed E-state index contributed by atoms with van der Waals surface area (Å²) < 4.78 is 0. The Bertz CT molecular complexity index is 500. The largest absolute Gasteiger partial charge is 0.309 e. The lowest BCUT2D eigenvalue weighted by molar-refractivity contribution is 0.693. The molecule has 2 rings (SSSR count). The van der Waals surface area contributed by atoms with Gasteiger partial charge < -0.3 is 5.32 Å². The molecule has 0 atom stereocenters. The highest BCUT2D eigenvalue weighted by Crippen LogP contribution is 2.14. The van der Waals surface area contributed by atoms with Crippen LogP contribution >= 0.6 is 11.6 Å². The first-order valence-electron chi connectivity index (χ1n) is 6.69. The topological polar surface area (TPSA) is 12.0 Å². The van der Waals surface area contributed by atoms with Gasteiger partial charge in [-0.15, -0.1) is 0 Å². The highest BCUT2D eigenvalue weighted by atomic mass is 35.5. The van der Waals surface area contributed by atoms with Gasteiger partial charge in [-0.05, 0) is 34.7 Å². The summed E-state index contributed by atoms with van der Waals surface area (Å²) in [7, 11) is 0. The molecule has 0 bridgehead atoms. The van der Waals surface area contributed by atoms with Crippen LogP contribution in [0.15, 0.2) is 48.5 Å². The molecule has 0 amide bonds. The van der Waals surface area contributed by atoms with E-state index in [1.54, 1.807) is 0 Å². The highest BCUT2D eigenvalue weighted by Gasteiger charge is 1.99. The lowest BCUT2D eigenvalue weighted by atomic mass is 10.0. The van der Waals surface area contributed by atoms with Crippen molar-refractivity contribution in [3.63, 3.8) is 0 Å². The molecule has 100 valence electrons. The molecule has 0 aliphatic heterocycles. The first-order valence-corrected chi connectivity index (χ1v) is 7.07. The van der Waals surface area contributed by atoms with Crippen molar-refractivity contribution in [3.05, 3.63) is 70.2 Å². The second-order valence-electron chi connectivity index (χ2n) is 5.13. The maximum Gasteiger partial charge on any atom is 0.0406 e. The van der Waals surface area contributed by atoms with Gasteiger partial charge in [0, 0.05) is 18.1 Å². The van der Waals surface area contributed by atoms with Gasteiger partial charge in [0.2, 0.25) is 0 Å². The smallest absolute Gasteiger partial charge is 0.0406 e. The van der Waals surface area contributed by atoms with Crippen molar-refractivity contribution in [1.82, 2.24) is 5.32 Å². The maximum atomic E-state index is 5.86. The zero-order chi connectivity index (χ0) is 13.7. The average Bonchev–Trinajstić information content (AvgIpc) is 2.41. The van der Waals surface area contributed by atoms with Crippen LogP contribution < -0.4 is 5.32 Å². The Morgan fingerprint density at radius 1 is 0.842 bits per heavy atom. The maximum absolute atomic E-state index is 5.86. The summed E-state index contributed by atoms with van der Waals surface area (Å²) >= 11 is 5.86. The molecule has 0 heterocycles. The molecule has 0 saturated carbocycles. The fourth-order valence-electron chi connectivity index (χ4n) is 1.97. The fourth-order valence-corrected chi connectivity index (χ4v) is 2.10. The Morgan fingerprint density at radius 2 is 1.32 bits per heavy atom. The SMILES string of the molecule is CC(C)c1ccc(CNCc2ccc(Cl)cc2)cc1. The van der Waals surface area contributed by atoms with E-state index in [0.717, 1.165) is 18.1 Å². The standard InChI is InChI=1S/C17H20ClN/c1-13(2)16-7-3-14(4-8-16)11-19-12-15-5-9-17(18)10-6-15/h3-10,13,19H,11-12H2,1-2H3. The van der Waals surface area contributed by atoms with Gasteiger partial charge >= 0.3 is 0 Å². The predicted octanol–water partition coefficient (Wildman–Crippen LogP) is 4.75. The van der Waals surface area contributed by atoms with E-state index in [9.17, 15) is 0 Å². The Labute approximate surface area is 120 Å². The van der Waals surface area contributed by atoms with Gasteiger partial charge in [-0.2, -0.15) is 0 Å². The summed E-state index contributed by atoms with van der Waals surface area (Å²) in [5, 5.41) is 4.23. The van der Waals surface area contributed by atoms with Crippen LogP contribution in [0.4, 0.5) is 0 Å². The number of hydrogen-bond donors (Lipinski definition) is 1. The number of hydrogen-bond acceptors (Lipinski definition) is 1. The van der Waals surface area contributed by atoms with E-state index >= 15 is 0 Å². The Kier molecular flexibility index (Phi) is 5.00. The normalized spacial score (nSPS) is 10.9. The van der Waals surface area contributed by atoms with Crippen LogP contribution in [0.3, 0.4) is 0 Å². The summed E-state index contributed by atoms with van der Waals surface area (Å²) in [4.78, 5) is 0. The molecule has 0 fully saturated rings. The fraction of sp³-hybridized carbons (Fsp3) is 0.294. The van der Waals surface area contributed by atoms with E-state index in [0.29, 0.717) is 5.92 Å². The first kappa shape index (κ1) is 14.1. The molecular weight excluding hydrogens is 254 g/mol. The van der Waals surface area contributed by atoms with Gasteiger partial charge in [0.15, 0.2) is 0 Å². The predicted molar refractivity (Wildman–Crippen MR) is 82.5 cm³/mol. The lowest BCUT2D eigenvalue weighted by Crippen LogP contribution is -2.12. The zero-order valence-electron chi connectivity index (χ0n) is 11.5. The van der Waals surface area contributed by atoms with E-state index in [2.05, 4.69) is 55.6 Å². The van der Waals surface area contributed by atoms with Crippen LogP contribution in [0.1, 0.15) is 36.5 Å². The van der Waals surface area contributed by atoms with E-state index in [1.807, 2.05) is 12.1 Å². The third-order valence-corrected chi connectivity index (χ3v) is 3.47. The van der Waals surface area contributed by atoms with Gasteiger partial charge in [0.25, 0.3) is 0 Å². The van der Waals surface area contributed by atoms with Crippen LogP contribution in [-0.4, -0.2) is 0 Å². The molecule has 0 saturated heterocycles. The molecule has 19 heavy (non-hydrogen) atoms. The van der Waals surface area contributed by atoms with Crippen LogP contribution in [0.25, 0.3) is 0 Å². The van der Waals surface area contributed by atoms with Crippen LogP contribution in [0.2, 0.25) is 5.02 Å². The minimum Gasteiger partial charge on any atom is -0.309 e. The van der Waals surface area contributed by atoms with Crippen molar-refractivity contribution >= 4 is 11.6 Å². The summed E-state index contributed by atoms with van der Waals surface area (Å²) in [6.07, 6.45) is 0. The minimum atomic E-state index is 0.594. The van der Waals surface area contributed by atoms with Crippen molar-refractivity contribution < 1.29 is 0 Å². The molecule has 0 aliphatic carbocycles. The second kappa shape index (κ2) is 6.74. The number of halogens is 1. The van der Waals surface area contributed by atoms with E-state index < -0.39 is 0 Å². The second-order valence-corrected chi connectivity index (χ2v) is 5.56. The molecule has 2 aromatic rings. The van der Waals surface area contributed by atoms with Crippen molar-refractivity contribution in [1.29, 1.82) is 0 Å². The van der Waals surface area contributed by atoms with Crippen LogP contribution in [-0.2, 0) is 13.1 Å². The summed E-state index contributed by atoms with van der Waals surface area (Å²) in [6.45, 7) is 6.19. The molecule has 0 aliphatic rings. The first-order chi connectivity index (χ1) is 9.15. The highest BCUT2D eigenvalue weighted by molar-refractivity contribution is 6.30. The van der Waals surface area contributed by atoms with Gasteiger partial charge in [0.05, 0.1) is 0 Å². The Hall–Kier alpha value is -1.31. The molecular formula is C17H20ClN. The molecule has 2 heteroatoms. The van der Waals surface area contributed by atoms with E-state index in [-0.39, 0.29) is 0 Å². The third kappa shape index (κ3) is 4.38. The molecule has 2 aromatic carbocycles. The molecule has 0 spiro atoms. The quantitative estimate of drug-likeness (QED) is 0.829. The van der Waals surface area contributed by atoms with Crippen molar-refractivity contribution in [3.8, 4) is 0 Å². The van der Waals surface area contributed by atoms with Crippen LogP contribution in [0.5, 0.6) is 0 Å². The Balaban J connectivity index is 1.83. The average molecular weight is 274 g/mol. The lowest BCUT2D eigenvalue weighted by Gasteiger charge is -2.08. The molecule has 0 radical (unpaired) electrons. The summed E-state index contributed by atoms with van der Waals surface area (Å²) in [6, 6.07) is 16.8. The van der Waals surface area contributed by atoms with Crippen molar-refractivity contribution in [2.24, 2.45) is 0 Å². The van der Waals surface area contributed by atoms with Crippen molar-refractivity contribution in [2.45, 2.75) is 32.9 Å². The van der Waals surface area contributed by atoms with Crippen molar-refractivity contribution in [2.75, 3.05) is 0 Å².